The van der Waals surface area contributed by atoms with E-state index in [-0.39, 0.29) is 16.6 Å². The van der Waals surface area contributed by atoms with Crippen molar-refractivity contribution in [3.05, 3.63) is 23.9 Å². The van der Waals surface area contributed by atoms with Gasteiger partial charge in [-0.15, -0.1) is 0 Å². The van der Waals surface area contributed by atoms with Crippen molar-refractivity contribution in [3.63, 3.8) is 0 Å². The second-order valence-corrected chi connectivity index (χ2v) is 6.03. The number of hydrogen-bond acceptors (Lipinski definition) is 6. The Labute approximate surface area is 123 Å². The molecular weight excluding hydrogens is 298 g/mol. The Morgan fingerprint density at radius 2 is 1.90 bits per heavy atom. The van der Waals surface area contributed by atoms with E-state index in [2.05, 4.69) is 15.0 Å². The smallest absolute Gasteiger partial charge is 0.257 e. The van der Waals surface area contributed by atoms with Crippen molar-refractivity contribution >= 4 is 15.9 Å². The molecule has 0 bridgehead atoms. The summed E-state index contributed by atoms with van der Waals surface area (Å²) in [6, 6.07) is 2.26. The van der Waals surface area contributed by atoms with Crippen molar-refractivity contribution in [1.82, 2.24) is 15.0 Å². The van der Waals surface area contributed by atoms with Gasteiger partial charge in [-0.3, -0.25) is 4.79 Å². The van der Waals surface area contributed by atoms with Gasteiger partial charge in [0, 0.05) is 20.4 Å². The maximum atomic E-state index is 12.0. The van der Waals surface area contributed by atoms with Crippen LogP contribution in [0, 0.1) is 0 Å². The summed E-state index contributed by atoms with van der Waals surface area (Å²) >= 11 is 0. The second kappa shape index (κ2) is 7.46. The number of carbonyl (C=O) groups excluding carboxylic acids is 1. The number of aromatic nitrogens is 1. The maximum absolute atomic E-state index is 12.0. The normalized spacial score (nSPS) is 13.2. The highest BCUT2D eigenvalue weighted by molar-refractivity contribution is 7.89. The van der Waals surface area contributed by atoms with E-state index in [4.69, 9.17) is 9.47 Å². The van der Waals surface area contributed by atoms with Crippen LogP contribution < -0.4 is 10.0 Å². The summed E-state index contributed by atoms with van der Waals surface area (Å²) in [5.41, 5.74) is 0.239. The van der Waals surface area contributed by atoms with Gasteiger partial charge in [-0.2, -0.15) is 0 Å². The minimum atomic E-state index is -3.62. The molecule has 0 fully saturated rings. The van der Waals surface area contributed by atoms with Crippen LogP contribution in [-0.2, 0) is 19.5 Å². The van der Waals surface area contributed by atoms with Crippen molar-refractivity contribution in [3.8, 4) is 0 Å². The summed E-state index contributed by atoms with van der Waals surface area (Å²) in [4.78, 5) is 15.8. The molecule has 1 aromatic rings. The first-order valence-electron chi connectivity index (χ1n) is 6.11. The van der Waals surface area contributed by atoms with Crippen LogP contribution in [0.25, 0.3) is 0 Å². The summed E-state index contributed by atoms with van der Waals surface area (Å²) in [6.07, 6.45) is 0.617. The zero-order valence-electron chi connectivity index (χ0n) is 12.3. The molecule has 1 unspecified atom stereocenters. The molecule has 118 valence electrons. The number of amides is 1. The number of methoxy groups -OCH3 is 2. The van der Waals surface area contributed by atoms with E-state index < -0.39 is 22.2 Å². The predicted molar refractivity (Wildman–Crippen MR) is 75.2 cm³/mol. The molecule has 8 nitrogen and oxygen atoms in total. The highest BCUT2D eigenvalue weighted by Gasteiger charge is 2.20. The summed E-state index contributed by atoms with van der Waals surface area (Å²) in [6.45, 7) is 1.73. The van der Waals surface area contributed by atoms with E-state index in [0.29, 0.717) is 0 Å². The number of ether oxygens (including phenoxy) is 2. The summed E-state index contributed by atoms with van der Waals surface area (Å²) in [5, 5.41) is 2.52. The molecule has 1 aromatic heterocycles. The first kappa shape index (κ1) is 17.5. The molecule has 1 rings (SSSR count). The molecule has 0 aromatic carbocycles. The van der Waals surface area contributed by atoms with Crippen LogP contribution in [0.4, 0.5) is 0 Å². The Morgan fingerprint density at radius 3 is 2.33 bits per heavy atom. The van der Waals surface area contributed by atoms with E-state index in [9.17, 15) is 13.2 Å². The van der Waals surface area contributed by atoms with Crippen molar-refractivity contribution in [2.45, 2.75) is 24.3 Å². The number of nitrogens with zero attached hydrogens (tertiary/aromatic N) is 1. The van der Waals surface area contributed by atoms with Gasteiger partial charge in [0.2, 0.25) is 0 Å². The quantitative estimate of drug-likeness (QED) is 0.670. The number of rotatable bonds is 7. The first-order chi connectivity index (χ1) is 9.85. The molecule has 1 amide bonds. The Morgan fingerprint density at radius 1 is 1.29 bits per heavy atom. The van der Waals surface area contributed by atoms with E-state index in [1.54, 1.807) is 6.92 Å². The molecule has 0 aliphatic carbocycles. The molecular formula is C12H19N3O5S. The molecule has 9 heteroatoms. The van der Waals surface area contributed by atoms with E-state index in [0.717, 1.165) is 0 Å². The van der Waals surface area contributed by atoms with Crippen LogP contribution in [0.5, 0.6) is 0 Å². The maximum Gasteiger partial charge on any atom is 0.257 e. The van der Waals surface area contributed by atoms with Gasteiger partial charge in [-0.1, -0.05) is 0 Å². The minimum Gasteiger partial charge on any atom is -0.354 e. The second-order valence-electron chi connectivity index (χ2n) is 4.19. The van der Waals surface area contributed by atoms with Crippen LogP contribution in [0.3, 0.4) is 0 Å². The Balaban J connectivity index is 2.81. The fourth-order valence-corrected chi connectivity index (χ4v) is 2.29. The van der Waals surface area contributed by atoms with Gasteiger partial charge in [-0.25, -0.2) is 18.1 Å². The number of nitrogens with one attached hydrogen (secondary N) is 2. The number of hydrogen-bond donors (Lipinski definition) is 2. The van der Waals surface area contributed by atoms with Crippen LogP contribution in [0.1, 0.15) is 17.3 Å². The van der Waals surface area contributed by atoms with Gasteiger partial charge < -0.3 is 14.8 Å². The molecule has 2 N–H and O–H groups in total. The van der Waals surface area contributed by atoms with Gasteiger partial charge in [0.15, 0.2) is 11.3 Å². The number of sulfonamides is 1. The molecule has 1 heterocycles. The average Bonchev–Trinajstić information content (AvgIpc) is 2.48. The van der Waals surface area contributed by atoms with E-state index in [1.165, 1.54) is 39.6 Å². The fourth-order valence-electron chi connectivity index (χ4n) is 1.64. The zero-order chi connectivity index (χ0) is 16.0. The number of pyridine rings is 1. The lowest BCUT2D eigenvalue weighted by atomic mass is 10.2. The van der Waals surface area contributed by atoms with Crippen molar-refractivity contribution in [1.29, 1.82) is 0 Å². The fraction of sp³-hybridized carbons (Fsp3) is 0.500. The molecule has 0 aliphatic heterocycles. The molecule has 1 atom stereocenters. The van der Waals surface area contributed by atoms with Gasteiger partial charge >= 0.3 is 0 Å². The third kappa shape index (κ3) is 4.46. The predicted octanol–water partition coefficient (Wildman–Crippen LogP) is -0.273. The standard InChI is InChI=1S/C12H19N3O5S/c1-8(12(19-3)20-4)15-11(16)9-5-6-10(14-7-9)21(17,18)13-2/h5-8,12-13H,1-4H3,(H,15,16). The van der Waals surface area contributed by atoms with E-state index in [1.807, 2.05) is 0 Å². The molecule has 0 aliphatic rings. The van der Waals surface area contributed by atoms with Crippen LogP contribution >= 0.6 is 0 Å². The minimum absolute atomic E-state index is 0.152. The summed E-state index contributed by atoms with van der Waals surface area (Å²) in [5.74, 6) is -0.400. The topological polar surface area (TPSA) is 107 Å². The third-order valence-electron chi connectivity index (χ3n) is 2.77. The summed E-state index contributed by atoms with van der Waals surface area (Å²) in [7, 11) is 0.605. The Kier molecular flexibility index (Phi) is 6.21. The number of carbonyl (C=O) groups is 1. The molecule has 0 radical (unpaired) electrons. The van der Waals surface area contributed by atoms with Crippen LogP contribution in [-0.4, -0.2) is 52.9 Å². The third-order valence-corrected chi connectivity index (χ3v) is 4.10. The van der Waals surface area contributed by atoms with Crippen LogP contribution in [0.2, 0.25) is 0 Å². The van der Waals surface area contributed by atoms with Gasteiger partial charge in [0.05, 0.1) is 11.6 Å². The van der Waals surface area contributed by atoms with E-state index >= 15 is 0 Å². The monoisotopic (exact) mass is 317 g/mol. The zero-order valence-corrected chi connectivity index (χ0v) is 13.1. The van der Waals surface area contributed by atoms with Gasteiger partial charge in [-0.05, 0) is 26.1 Å². The van der Waals surface area contributed by atoms with Crippen LogP contribution in [0.15, 0.2) is 23.4 Å². The van der Waals surface area contributed by atoms with Gasteiger partial charge in [0.1, 0.15) is 0 Å². The highest BCUT2D eigenvalue weighted by Crippen LogP contribution is 2.07. The largest absolute Gasteiger partial charge is 0.354 e. The highest BCUT2D eigenvalue weighted by atomic mass is 32.2. The van der Waals surface area contributed by atoms with Crippen molar-refractivity contribution < 1.29 is 22.7 Å². The lowest BCUT2D eigenvalue weighted by molar-refractivity contribution is -0.117. The van der Waals surface area contributed by atoms with Gasteiger partial charge in [0.25, 0.3) is 15.9 Å². The molecule has 0 saturated heterocycles. The first-order valence-corrected chi connectivity index (χ1v) is 7.60. The Bertz CT molecular complexity index is 569. The average molecular weight is 317 g/mol. The Hall–Kier alpha value is -1.55. The van der Waals surface area contributed by atoms with Crippen molar-refractivity contribution in [2.75, 3.05) is 21.3 Å². The molecule has 0 saturated carbocycles. The SMILES string of the molecule is CNS(=O)(=O)c1ccc(C(=O)NC(C)C(OC)OC)cn1. The molecule has 0 spiro atoms. The lowest BCUT2D eigenvalue weighted by Crippen LogP contribution is -2.43. The lowest BCUT2D eigenvalue weighted by Gasteiger charge is -2.22. The van der Waals surface area contributed by atoms with Crippen molar-refractivity contribution in [2.24, 2.45) is 0 Å². The summed E-state index contributed by atoms with van der Waals surface area (Å²) < 4.78 is 35.3. The molecule has 21 heavy (non-hydrogen) atoms.